The number of carboxylic acids is 1. The quantitative estimate of drug-likeness (QED) is 0.564. The lowest BCUT2D eigenvalue weighted by molar-refractivity contribution is -0.402. The van der Waals surface area contributed by atoms with E-state index in [0.29, 0.717) is 19.4 Å². The molecule has 0 saturated heterocycles. The summed E-state index contributed by atoms with van der Waals surface area (Å²) in [6.45, 7) is 2.49. The molecule has 1 aliphatic rings. The number of carbonyl (C=O) groups excluding carboxylic acids is 1. The van der Waals surface area contributed by atoms with Crippen molar-refractivity contribution in [1.29, 1.82) is 0 Å². The van der Waals surface area contributed by atoms with E-state index in [1.54, 1.807) is 0 Å². The summed E-state index contributed by atoms with van der Waals surface area (Å²) in [6.07, 6.45) is 1.30. The molecule has 2 N–H and O–H groups in total. The number of aliphatic carboxylic acids is 1. The summed E-state index contributed by atoms with van der Waals surface area (Å²) in [6, 6.07) is 2.43. The molecule has 0 bridgehead atoms. The van der Waals surface area contributed by atoms with E-state index < -0.39 is 22.7 Å². The topological polar surface area (TPSA) is 126 Å². The number of likely N-dealkylation sites (N-methyl/N-ethyl adjacent to an activating group) is 1. The van der Waals surface area contributed by atoms with E-state index in [9.17, 15) is 19.7 Å². The fourth-order valence-corrected chi connectivity index (χ4v) is 2.48. The van der Waals surface area contributed by atoms with Crippen molar-refractivity contribution in [2.45, 2.75) is 31.8 Å². The second-order valence-electron chi connectivity index (χ2n) is 5.15. The molecule has 120 valence electrons. The Hall–Kier alpha value is -2.42. The fourth-order valence-electron chi connectivity index (χ4n) is 2.48. The lowest BCUT2D eigenvalue weighted by Gasteiger charge is -2.42. The van der Waals surface area contributed by atoms with Crippen LogP contribution in [0.5, 0.6) is 0 Å². The predicted octanol–water partition coefficient (Wildman–Crippen LogP) is 0.855. The number of furan rings is 1. The van der Waals surface area contributed by atoms with Crippen LogP contribution in [0.4, 0.5) is 5.88 Å². The van der Waals surface area contributed by atoms with Gasteiger partial charge in [0.1, 0.15) is 4.92 Å². The Morgan fingerprint density at radius 3 is 2.68 bits per heavy atom. The van der Waals surface area contributed by atoms with Crippen LogP contribution < -0.4 is 5.32 Å². The van der Waals surface area contributed by atoms with Crippen molar-refractivity contribution in [2.24, 2.45) is 0 Å². The van der Waals surface area contributed by atoms with Gasteiger partial charge in [0.15, 0.2) is 5.76 Å². The number of carboxylic acid groups (broad SMARTS) is 1. The van der Waals surface area contributed by atoms with Gasteiger partial charge in [-0.15, -0.1) is 0 Å². The molecule has 9 nitrogen and oxygen atoms in total. The summed E-state index contributed by atoms with van der Waals surface area (Å²) in [5.74, 6) is -1.96. The van der Waals surface area contributed by atoms with Gasteiger partial charge in [-0.1, -0.05) is 6.92 Å². The van der Waals surface area contributed by atoms with Crippen LogP contribution in [0.1, 0.15) is 30.3 Å². The van der Waals surface area contributed by atoms with Gasteiger partial charge in [-0.2, -0.15) is 0 Å². The van der Waals surface area contributed by atoms with Crippen molar-refractivity contribution >= 4 is 17.8 Å². The minimum atomic E-state index is -0.878. The molecule has 0 atom stereocenters. The molecule has 2 rings (SSSR count). The maximum atomic E-state index is 11.9. The Bertz CT molecular complexity index is 578. The first-order chi connectivity index (χ1) is 10.4. The summed E-state index contributed by atoms with van der Waals surface area (Å²) in [5, 5.41) is 22.0. The molecule has 0 spiro atoms. The van der Waals surface area contributed by atoms with Gasteiger partial charge in [0, 0.05) is 12.1 Å². The third-order valence-corrected chi connectivity index (χ3v) is 3.70. The van der Waals surface area contributed by atoms with Crippen LogP contribution >= 0.6 is 0 Å². The SMILES string of the molecule is CCN(CC(=O)O)C1CC(NC(=O)c2ccc([N+](=O)[O-])o2)C1. The molecule has 1 saturated carbocycles. The highest BCUT2D eigenvalue weighted by Gasteiger charge is 2.35. The third kappa shape index (κ3) is 3.61. The molecule has 0 aliphatic heterocycles. The summed E-state index contributed by atoms with van der Waals surface area (Å²) < 4.78 is 4.83. The van der Waals surface area contributed by atoms with Gasteiger partial charge in [-0.3, -0.25) is 24.6 Å². The molecular formula is C13H17N3O6. The summed E-state index contributed by atoms with van der Waals surface area (Å²) in [4.78, 5) is 34.2. The molecule has 0 unspecified atom stereocenters. The molecule has 1 aromatic rings. The maximum Gasteiger partial charge on any atom is 0.433 e. The highest BCUT2D eigenvalue weighted by molar-refractivity contribution is 5.92. The Balaban J connectivity index is 1.82. The van der Waals surface area contributed by atoms with Gasteiger partial charge in [0.05, 0.1) is 12.6 Å². The zero-order chi connectivity index (χ0) is 16.3. The van der Waals surface area contributed by atoms with Gasteiger partial charge in [-0.05, 0) is 25.5 Å². The Kier molecular flexibility index (Phi) is 4.76. The van der Waals surface area contributed by atoms with Crippen molar-refractivity contribution in [1.82, 2.24) is 10.2 Å². The molecule has 1 amide bonds. The first kappa shape index (κ1) is 16.0. The number of hydrogen-bond acceptors (Lipinski definition) is 6. The van der Waals surface area contributed by atoms with Gasteiger partial charge < -0.3 is 14.8 Å². The normalized spacial score (nSPS) is 20.5. The Morgan fingerprint density at radius 2 is 2.18 bits per heavy atom. The minimum Gasteiger partial charge on any atom is -0.480 e. The van der Waals surface area contributed by atoms with E-state index in [0.717, 1.165) is 6.07 Å². The van der Waals surface area contributed by atoms with Crippen molar-refractivity contribution in [2.75, 3.05) is 13.1 Å². The minimum absolute atomic E-state index is 0.0216. The van der Waals surface area contributed by atoms with Crippen LogP contribution in [0.15, 0.2) is 16.5 Å². The highest BCUT2D eigenvalue weighted by atomic mass is 16.6. The van der Waals surface area contributed by atoms with E-state index in [1.165, 1.54) is 6.07 Å². The summed E-state index contributed by atoms with van der Waals surface area (Å²) >= 11 is 0. The summed E-state index contributed by atoms with van der Waals surface area (Å²) in [5.41, 5.74) is 0. The number of amides is 1. The average Bonchev–Trinajstić information content (AvgIpc) is 2.89. The number of nitrogens with zero attached hydrogens (tertiary/aromatic N) is 2. The van der Waals surface area contributed by atoms with Gasteiger partial charge in [0.25, 0.3) is 5.91 Å². The van der Waals surface area contributed by atoms with Crippen LogP contribution in [0.2, 0.25) is 0 Å². The van der Waals surface area contributed by atoms with Crippen molar-refractivity contribution in [3.8, 4) is 0 Å². The molecule has 1 aromatic heterocycles. The van der Waals surface area contributed by atoms with Gasteiger partial charge in [0.2, 0.25) is 0 Å². The standard InChI is InChI=1S/C13H17N3O6/c1-2-15(7-12(17)18)9-5-8(6-9)14-13(19)10-3-4-11(22-10)16(20)21/h3-4,8-9H,2,5-7H2,1H3,(H,14,19)(H,17,18). The second-order valence-corrected chi connectivity index (χ2v) is 5.15. The van der Waals surface area contributed by atoms with E-state index in [4.69, 9.17) is 9.52 Å². The maximum absolute atomic E-state index is 11.9. The van der Waals surface area contributed by atoms with E-state index >= 15 is 0 Å². The molecular weight excluding hydrogens is 294 g/mol. The first-order valence-corrected chi connectivity index (χ1v) is 6.91. The van der Waals surface area contributed by atoms with Crippen LogP contribution in [0, 0.1) is 10.1 Å². The largest absolute Gasteiger partial charge is 0.480 e. The van der Waals surface area contributed by atoms with Crippen LogP contribution in [-0.2, 0) is 4.79 Å². The number of nitro groups is 1. The summed E-state index contributed by atoms with van der Waals surface area (Å²) in [7, 11) is 0. The zero-order valence-corrected chi connectivity index (χ0v) is 12.0. The Morgan fingerprint density at radius 1 is 1.50 bits per heavy atom. The molecule has 1 heterocycles. The smallest absolute Gasteiger partial charge is 0.433 e. The van der Waals surface area contributed by atoms with E-state index in [1.807, 2.05) is 11.8 Å². The number of carbonyl (C=O) groups is 2. The number of hydrogen-bond donors (Lipinski definition) is 2. The highest BCUT2D eigenvalue weighted by Crippen LogP contribution is 2.26. The van der Waals surface area contributed by atoms with Crippen molar-refractivity contribution in [3.05, 3.63) is 28.0 Å². The van der Waals surface area contributed by atoms with Crippen molar-refractivity contribution in [3.63, 3.8) is 0 Å². The first-order valence-electron chi connectivity index (χ1n) is 6.91. The predicted molar refractivity (Wildman–Crippen MR) is 74.5 cm³/mol. The zero-order valence-electron chi connectivity index (χ0n) is 12.0. The molecule has 9 heteroatoms. The van der Waals surface area contributed by atoms with E-state index in [2.05, 4.69) is 5.32 Å². The lowest BCUT2D eigenvalue weighted by atomic mass is 9.85. The van der Waals surface area contributed by atoms with Crippen LogP contribution in [-0.4, -0.2) is 52.0 Å². The van der Waals surface area contributed by atoms with Gasteiger partial charge >= 0.3 is 11.9 Å². The molecule has 22 heavy (non-hydrogen) atoms. The number of nitrogens with one attached hydrogen (secondary N) is 1. The van der Waals surface area contributed by atoms with Gasteiger partial charge in [-0.25, -0.2) is 0 Å². The third-order valence-electron chi connectivity index (χ3n) is 3.70. The monoisotopic (exact) mass is 311 g/mol. The van der Waals surface area contributed by atoms with E-state index in [-0.39, 0.29) is 24.4 Å². The van der Waals surface area contributed by atoms with Crippen LogP contribution in [0.25, 0.3) is 0 Å². The average molecular weight is 311 g/mol. The molecule has 1 fully saturated rings. The molecule has 1 aliphatic carbocycles. The second kappa shape index (κ2) is 6.56. The van der Waals surface area contributed by atoms with Crippen molar-refractivity contribution < 1.29 is 24.0 Å². The van der Waals surface area contributed by atoms with Crippen LogP contribution in [0.3, 0.4) is 0 Å². The molecule has 0 aromatic carbocycles. The number of rotatable bonds is 7. The lowest BCUT2D eigenvalue weighted by Crippen LogP contribution is -2.54. The fraction of sp³-hybridized carbons (Fsp3) is 0.538. The Labute approximate surface area is 126 Å². The molecule has 0 radical (unpaired) electrons.